The van der Waals surface area contributed by atoms with Gasteiger partial charge in [-0.05, 0) is 36.5 Å². The molecule has 0 amide bonds. The fourth-order valence-corrected chi connectivity index (χ4v) is 4.15. The van der Waals surface area contributed by atoms with E-state index < -0.39 is 0 Å². The van der Waals surface area contributed by atoms with E-state index in [0.717, 1.165) is 41.0 Å². The molecular formula is C23H23NO5S. The highest BCUT2D eigenvalue weighted by molar-refractivity contribution is 7.09. The topological polar surface area (TPSA) is 59.0 Å². The van der Waals surface area contributed by atoms with Gasteiger partial charge in [0.2, 0.25) is 5.75 Å². The highest BCUT2D eigenvalue weighted by atomic mass is 32.1. The number of hydrogen-bond donors (Lipinski definition) is 0. The van der Waals surface area contributed by atoms with Gasteiger partial charge in [0.05, 0.1) is 38.0 Å². The van der Waals surface area contributed by atoms with Gasteiger partial charge < -0.3 is 23.7 Å². The first-order chi connectivity index (χ1) is 14.7. The van der Waals surface area contributed by atoms with Crippen molar-refractivity contribution >= 4 is 17.3 Å². The van der Waals surface area contributed by atoms with E-state index in [9.17, 15) is 0 Å². The lowest BCUT2D eigenvalue weighted by atomic mass is 10.0. The second kappa shape index (κ2) is 9.09. The normalized spacial score (nSPS) is 15.4. The fraction of sp³-hybridized carbons (Fsp3) is 0.261. The Morgan fingerprint density at radius 1 is 1.07 bits per heavy atom. The maximum absolute atomic E-state index is 6.17. The maximum atomic E-state index is 6.17. The summed E-state index contributed by atoms with van der Waals surface area (Å²) in [7, 11) is 4.78. The van der Waals surface area contributed by atoms with Crippen LogP contribution in [0.4, 0.5) is 0 Å². The molecule has 0 bridgehead atoms. The number of nitrogens with zero attached hydrogens (tertiary/aromatic N) is 1. The van der Waals surface area contributed by atoms with Crippen LogP contribution in [0, 0.1) is 0 Å². The number of ether oxygens (including phenoxy) is 5. The summed E-state index contributed by atoms with van der Waals surface area (Å²) in [6.45, 7) is 0. The molecule has 0 N–H and O–H groups in total. The molecule has 0 unspecified atom stereocenters. The van der Waals surface area contributed by atoms with Crippen LogP contribution >= 0.6 is 11.5 Å². The molecule has 2 aromatic rings. The predicted molar refractivity (Wildman–Crippen MR) is 117 cm³/mol. The Labute approximate surface area is 179 Å². The van der Waals surface area contributed by atoms with Crippen LogP contribution in [0.3, 0.4) is 0 Å². The number of hydrogen-bond acceptors (Lipinski definition) is 7. The van der Waals surface area contributed by atoms with Gasteiger partial charge in [0.1, 0.15) is 18.3 Å². The molecule has 0 fully saturated rings. The van der Waals surface area contributed by atoms with Crippen LogP contribution in [0.1, 0.15) is 24.8 Å². The number of rotatable bonds is 7. The molecule has 1 aromatic heterocycles. The smallest absolute Gasteiger partial charge is 0.203 e. The molecule has 2 heterocycles. The van der Waals surface area contributed by atoms with Gasteiger partial charge in [0.25, 0.3) is 0 Å². The Bertz CT molecular complexity index is 1020. The number of aromatic nitrogens is 1. The molecule has 0 spiro atoms. The molecule has 1 aromatic carbocycles. The molecule has 7 heteroatoms. The number of allylic oxidation sites excluding steroid dienone is 4. The lowest BCUT2D eigenvalue weighted by Crippen LogP contribution is -2.02. The number of methoxy groups -OCH3 is 3. The Balaban J connectivity index is 1.62. The molecule has 6 nitrogen and oxygen atoms in total. The molecule has 30 heavy (non-hydrogen) atoms. The number of benzene rings is 1. The summed E-state index contributed by atoms with van der Waals surface area (Å²) in [5.41, 5.74) is 3.06. The summed E-state index contributed by atoms with van der Waals surface area (Å²) in [6, 6.07) is 3.80. The second-order valence-corrected chi connectivity index (χ2v) is 7.56. The SMILES string of the molecule is COc1cc(-c2sncc2C2=COC=C(CC3=CC=CCC3)O2)cc(OC)c1OC. The van der Waals surface area contributed by atoms with Crippen LogP contribution in [0.2, 0.25) is 0 Å². The lowest BCUT2D eigenvalue weighted by Gasteiger charge is -2.19. The van der Waals surface area contributed by atoms with Crippen LogP contribution in [-0.2, 0) is 9.47 Å². The Kier molecular flexibility index (Phi) is 6.09. The molecule has 1 aliphatic heterocycles. The zero-order chi connectivity index (χ0) is 20.9. The zero-order valence-electron chi connectivity index (χ0n) is 17.1. The summed E-state index contributed by atoms with van der Waals surface area (Å²) in [6.07, 6.45) is 14.2. The highest BCUT2D eigenvalue weighted by Crippen LogP contribution is 2.44. The van der Waals surface area contributed by atoms with E-state index in [1.165, 1.54) is 17.1 Å². The van der Waals surface area contributed by atoms with Crippen molar-refractivity contribution in [2.24, 2.45) is 0 Å². The van der Waals surface area contributed by atoms with E-state index in [0.29, 0.717) is 23.0 Å². The quantitative estimate of drug-likeness (QED) is 0.568. The summed E-state index contributed by atoms with van der Waals surface area (Å²) in [5.74, 6) is 3.11. The summed E-state index contributed by atoms with van der Waals surface area (Å²) in [4.78, 5) is 0.921. The van der Waals surface area contributed by atoms with Gasteiger partial charge in [-0.2, -0.15) is 4.37 Å². The third kappa shape index (κ3) is 4.07. The molecule has 1 aliphatic carbocycles. The minimum atomic E-state index is 0.548. The van der Waals surface area contributed by atoms with Crippen LogP contribution in [0.15, 0.2) is 60.4 Å². The maximum Gasteiger partial charge on any atom is 0.203 e. The largest absolute Gasteiger partial charge is 0.493 e. The molecular weight excluding hydrogens is 402 g/mol. The molecule has 0 atom stereocenters. The first-order valence-corrected chi connectivity index (χ1v) is 10.3. The Hall–Kier alpha value is -3.19. The summed E-state index contributed by atoms with van der Waals surface area (Å²) in [5, 5.41) is 0. The first kappa shape index (κ1) is 20.1. The van der Waals surface area contributed by atoms with Crippen molar-refractivity contribution < 1.29 is 23.7 Å². The van der Waals surface area contributed by atoms with Crippen molar-refractivity contribution in [3.63, 3.8) is 0 Å². The van der Waals surface area contributed by atoms with Gasteiger partial charge in [-0.3, -0.25) is 0 Å². The monoisotopic (exact) mass is 425 g/mol. The standard InChI is InChI=1S/C23H23NO5S/c1-25-19-10-16(11-20(26-2)22(19)27-3)23-18(12-24-30-23)21-14-28-13-17(29-21)9-15-7-5-4-6-8-15/h4-5,7,10-14H,6,8-9H2,1-3H3. The van der Waals surface area contributed by atoms with Crippen LogP contribution in [0.25, 0.3) is 16.2 Å². The minimum absolute atomic E-state index is 0.548. The van der Waals surface area contributed by atoms with Crippen LogP contribution in [0.5, 0.6) is 17.2 Å². The molecule has 4 rings (SSSR count). The van der Waals surface area contributed by atoms with Crippen molar-refractivity contribution in [1.82, 2.24) is 4.37 Å². The summed E-state index contributed by atoms with van der Waals surface area (Å²) < 4.78 is 32.5. The molecule has 0 saturated carbocycles. The van der Waals surface area contributed by atoms with E-state index in [1.54, 1.807) is 40.1 Å². The van der Waals surface area contributed by atoms with Crippen molar-refractivity contribution in [3.05, 3.63) is 66.0 Å². The second-order valence-electron chi connectivity index (χ2n) is 6.76. The minimum Gasteiger partial charge on any atom is -0.493 e. The van der Waals surface area contributed by atoms with E-state index in [-0.39, 0.29) is 0 Å². The average Bonchev–Trinajstić information content (AvgIpc) is 3.29. The van der Waals surface area contributed by atoms with E-state index in [4.69, 9.17) is 23.7 Å². The molecule has 0 radical (unpaired) electrons. The highest BCUT2D eigenvalue weighted by Gasteiger charge is 2.22. The third-order valence-electron chi connectivity index (χ3n) is 4.88. The van der Waals surface area contributed by atoms with Crippen molar-refractivity contribution in [2.45, 2.75) is 19.3 Å². The van der Waals surface area contributed by atoms with Crippen molar-refractivity contribution in [2.75, 3.05) is 21.3 Å². The van der Waals surface area contributed by atoms with Gasteiger partial charge in [-0.25, -0.2) is 0 Å². The van der Waals surface area contributed by atoms with Gasteiger partial charge in [-0.1, -0.05) is 23.8 Å². The average molecular weight is 426 g/mol. The zero-order valence-corrected chi connectivity index (χ0v) is 18.0. The molecule has 2 aliphatic rings. The van der Waals surface area contributed by atoms with Gasteiger partial charge in [-0.15, -0.1) is 0 Å². The van der Waals surface area contributed by atoms with Crippen molar-refractivity contribution in [3.8, 4) is 27.7 Å². The first-order valence-electron chi connectivity index (χ1n) is 9.56. The molecule has 156 valence electrons. The van der Waals surface area contributed by atoms with E-state index >= 15 is 0 Å². The van der Waals surface area contributed by atoms with Crippen LogP contribution < -0.4 is 14.2 Å². The van der Waals surface area contributed by atoms with Gasteiger partial charge in [0.15, 0.2) is 17.3 Å². The third-order valence-corrected chi connectivity index (χ3v) is 5.73. The Morgan fingerprint density at radius 2 is 1.87 bits per heavy atom. The van der Waals surface area contributed by atoms with Crippen LogP contribution in [-0.4, -0.2) is 25.7 Å². The molecule has 0 saturated heterocycles. The van der Waals surface area contributed by atoms with Gasteiger partial charge >= 0.3 is 0 Å². The van der Waals surface area contributed by atoms with E-state index in [2.05, 4.69) is 22.6 Å². The summed E-state index contributed by atoms with van der Waals surface area (Å²) >= 11 is 1.37. The van der Waals surface area contributed by atoms with Gasteiger partial charge in [0, 0.05) is 12.0 Å². The Morgan fingerprint density at radius 3 is 2.53 bits per heavy atom. The van der Waals surface area contributed by atoms with E-state index in [1.807, 2.05) is 12.1 Å². The lowest BCUT2D eigenvalue weighted by molar-refractivity contribution is 0.273. The van der Waals surface area contributed by atoms with Crippen molar-refractivity contribution in [1.29, 1.82) is 0 Å². The predicted octanol–water partition coefficient (Wildman–Crippen LogP) is 5.69. The fourth-order valence-electron chi connectivity index (χ4n) is 3.42.